The Morgan fingerprint density at radius 2 is 2.12 bits per heavy atom. The quantitative estimate of drug-likeness (QED) is 0.844. The summed E-state index contributed by atoms with van der Waals surface area (Å²) in [5, 5.41) is 3.11. The number of piperidine rings is 1. The van der Waals surface area contributed by atoms with Crippen molar-refractivity contribution in [3.63, 3.8) is 0 Å². The number of carbonyl (C=O) groups is 2. The lowest BCUT2D eigenvalue weighted by Crippen LogP contribution is -2.47. The Labute approximate surface area is 146 Å². The summed E-state index contributed by atoms with van der Waals surface area (Å²) in [4.78, 5) is 30.2. The molecule has 4 heterocycles. The van der Waals surface area contributed by atoms with Crippen LogP contribution in [0.5, 0.6) is 0 Å². The van der Waals surface area contributed by atoms with Crippen molar-refractivity contribution < 1.29 is 27.2 Å². The number of furan rings is 1. The lowest BCUT2D eigenvalue weighted by atomic mass is 9.97. The number of halogens is 3. The molecule has 1 amide bonds. The highest BCUT2D eigenvalue weighted by molar-refractivity contribution is 6.06. The Hall–Kier alpha value is -2.42. The zero-order valence-electron chi connectivity index (χ0n) is 13.7. The Bertz CT molecular complexity index is 865. The van der Waals surface area contributed by atoms with Crippen LogP contribution in [0.25, 0.3) is 11.0 Å². The van der Waals surface area contributed by atoms with E-state index in [-0.39, 0.29) is 22.7 Å². The third-order valence-electron chi connectivity index (χ3n) is 4.93. The molecule has 2 bridgehead atoms. The molecule has 26 heavy (non-hydrogen) atoms. The van der Waals surface area contributed by atoms with Crippen LogP contribution in [0.4, 0.5) is 13.2 Å². The number of rotatable bonds is 3. The van der Waals surface area contributed by atoms with Crippen LogP contribution in [0, 0.1) is 5.92 Å². The monoisotopic (exact) mass is 367 g/mol. The van der Waals surface area contributed by atoms with E-state index < -0.39 is 23.6 Å². The Morgan fingerprint density at radius 1 is 1.31 bits per heavy atom. The van der Waals surface area contributed by atoms with Crippen LogP contribution in [0.15, 0.2) is 22.7 Å². The third-order valence-corrected chi connectivity index (χ3v) is 4.93. The van der Waals surface area contributed by atoms with E-state index in [0.29, 0.717) is 5.92 Å². The first-order valence-electron chi connectivity index (χ1n) is 8.34. The molecule has 4 rings (SSSR count). The van der Waals surface area contributed by atoms with E-state index in [1.165, 1.54) is 12.3 Å². The van der Waals surface area contributed by atoms with Gasteiger partial charge < -0.3 is 14.6 Å². The molecule has 0 aromatic carbocycles. The van der Waals surface area contributed by atoms with Gasteiger partial charge in [0.2, 0.25) is 0 Å². The van der Waals surface area contributed by atoms with Gasteiger partial charge >= 0.3 is 12.0 Å². The number of nitrogens with zero attached hydrogens (tertiary/aromatic N) is 2. The molecule has 6 nitrogen and oxygen atoms in total. The molecule has 1 unspecified atom stereocenters. The van der Waals surface area contributed by atoms with E-state index >= 15 is 0 Å². The number of nitrogens with one attached hydrogen (secondary N) is 1. The van der Waals surface area contributed by atoms with Gasteiger partial charge in [0.25, 0.3) is 5.91 Å². The summed E-state index contributed by atoms with van der Waals surface area (Å²) < 4.78 is 42.9. The van der Waals surface area contributed by atoms with Crippen LogP contribution < -0.4 is 5.32 Å². The number of Topliss-reactive ketones (excluding diaryl/α,β-unsaturated/α-hetero) is 1. The van der Waals surface area contributed by atoms with Crippen LogP contribution in [0.1, 0.15) is 33.9 Å². The van der Waals surface area contributed by atoms with Crippen LogP contribution in [0.2, 0.25) is 0 Å². The number of ketones is 1. The molecule has 0 aliphatic carbocycles. The Kier molecular flexibility index (Phi) is 3.98. The fraction of sp³-hybridized carbons (Fsp3) is 0.471. The van der Waals surface area contributed by atoms with Crippen molar-refractivity contribution in [1.29, 1.82) is 0 Å². The molecule has 2 aromatic heterocycles. The van der Waals surface area contributed by atoms with Crippen LogP contribution in [-0.2, 0) is 0 Å². The SMILES string of the molecule is O=C(N[C@@H]1C[C@H]2CCN(C2)C1)c1nccc2cc(C(=O)C(F)(F)F)oc12. The summed E-state index contributed by atoms with van der Waals surface area (Å²) in [6.45, 7) is 2.81. The second kappa shape index (κ2) is 6.08. The standard InChI is InChI=1S/C17H16F3N3O3/c18-17(19,20)15(24)12-6-10-1-3-21-13(14(10)26-12)16(25)22-11-5-9-2-4-23(7-9)8-11/h1,3,6,9,11H,2,4-5,7-8H2,(H,22,25)/t9-,11-/m1/s1. The fourth-order valence-corrected chi connectivity index (χ4v) is 3.80. The van der Waals surface area contributed by atoms with Crippen molar-refractivity contribution >= 4 is 22.7 Å². The number of fused-ring (bicyclic) bond motifs is 3. The minimum atomic E-state index is -5.04. The highest BCUT2D eigenvalue weighted by Crippen LogP contribution is 2.29. The van der Waals surface area contributed by atoms with Crippen molar-refractivity contribution in [1.82, 2.24) is 15.2 Å². The molecule has 1 N–H and O–H groups in total. The number of carbonyl (C=O) groups excluding carboxylic acids is 2. The molecule has 2 aliphatic heterocycles. The maximum absolute atomic E-state index is 12.6. The van der Waals surface area contributed by atoms with Gasteiger partial charge in [-0.1, -0.05) is 0 Å². The molecule has 0 spiro atoms. The molecule has 3 atom stereocenters. The molecule has 0 radical (unpaired) electrons. The van der Waals surface area contributed by atoms with E-state index in [9.17, 15) is 22.8 Å². The van der Waals surface area contributed by atoms with Gasteiger partial charge in [0.15, 0.2) is 17.0 Å². The van der Waals surface area contributed by atoms with Gasteiger partial charge in [-0.25, -0.2) is 4.98 Å². The highest BCUT2D eigenvalue weighted by atomic mass is 19.4. The molecule has 9 heteroatoms. The lowest BCUT2D eigenvalue weighted by molar-refractivity contribution is -0.0898. The topological polar surface area (TPSA) is 75.4 Å². The van der Waals surface area contributed by atoms with Crippen LogP contribution in [0.3, 0.4) is 0 Å². The van der Waals surface area contributed by atoms with Gasteiger partial charge in [-0.2, -0.15) is 13.2 Å². The second-order valence-corrected chi connectivity index (χ2v) is 6.84. The first-order chi connectivity index (χ1) is 12.3. The van der Waals surface area contributed by atoms with Crippen molar-refractivity contribution in [2.75, 3.05) is 19.6 Å². The number of alkyl halides is 3. The summed E-state index contributed by atoms with van der Waals surface area (Å²) in [5.74, 6) is -2.89. The normalized spacial score (nSPS) is 25.4. The van der Waals surface area contributed by atoms with E-state index in [1.54, 1.807) is 0 Å². The van der Waals surface area contributed by atoms with Crippen molar-refractivity contribution in [2.45, 2.75) is 25.1 Å². The fourth-order valence-electron chi connectivity index (χ4n) is 3.80. The number of pyridine rings is 1. The van der Waals surface area contributed by atoms with Crippen LogP contribution >= 0.6 is 0 Å². The minimum absolute atomic E-state index is 0.0351. The van der Waals surface area contributed by atoms with E-state index in [1.807, 2.05) is 0 Å². The molecule has 0 saturated carbocycles. The highest BCUT2D eigenvalue weighted by Gasteiger charge is 2.42. The van der Waals surface area contributed by atoms with Crippen molar-refractivity contribution in [3.8, 4) is 0 Å². The predicted molar refractivity (Wildman–Crippen MR) is 84.8 cm³/mol. The molecular formula is C17H16F3N3O3. The maximum Gasteiger partial charge on any atom is 0.458 e. The number of amides is 1. The number of aromatic nitrogens is 1. The molecule has 2 aromatic rings. The molecular weight excluding hydrogens is 351 g/mol. The van der Waals surface area contributed by atoms with Gasteiger partial charge in [0.05, 0.1) is 0 Å². The van der Waals surface area contributed by atoms with E-state index in [2.05, 4.69) is 15.2 Å². The van der Waals surface area contributed by atoms with Crippen molar-refractivity contribution in [2.24, 2.45) is 5.92 Å². The first-order valence-corrected chi connectivity index (χ1v) is 8.34. The molecule has 2 fully saturated rings. The number of hydrogen-bond acceptors (Lipinski definition) is 5. The zero-order chi connectivity index (χ0) is 18.5. The van der Waals surface area contributed by atoms with Gasteiger partial charge in [-0.15, -0.1) is 0 Å². The molecule has 2 aliphatic rings. The largest absolute Gasteiger partial charge is 0.458 e. The second-order valence-electron chi connectivity index (χ2n) is 6.84. The average Bonchev–Trinajstić information content (AvgIpc) is 3.15. The minimum Gasteiger partial charge on any atom is -0.450 e. The van der Waals surface area contributed by atoms with Crippen LogP contribution in [-0.4, -0.2) is 53.4 Å². The smallest absolute Gasteiger partial charge is 0.450 e. The summed E-state index contributed by atoms with van der Waals surface area (Å²) in [7, 11) is 0. The summed E-state index contributed by atoms with van der Waals surface area (Å²) in [5.41, 5.74) is -0.228. The van der Waals surface area contributed by atoms with Gasteiger partial charge in [-0.05, 0) is 37.4 Å². The van der Waals surface area contributed by atoms with Gasteiger partial charge in [0, 0.05) is 30.7 Å². The number of hydrogen-bond donors (Lipinski definition) is 1. The Balaban J connectivity index is 1.58. The molecule has 2 saturated heterocycles. The summed E-state index contributed by atoms with van der Waals surface area (Å²) >= 11 is 0. The average molecular weight is 367 g/mol. The lowest BCUT2D eigenvalue weighted by Gasteiger charge is -2.30. The van der Waals surface area contributed by atoms with Gasteiger partial charge in [0.1, 0.15) is 0 Å². The van der Waals surface area contributed by atoms with Gasteiger partial charge in [-0.3, -0.25) is 9.59 Å². The zero-order valence-corrected chi connectivity index (χ0v) is 13.7. The Morgan fingerprint density at radius 3 is 2.85 bits per heavy atom. The van der Waals surface area contributed by atoms with E-state index in [4.69, 9.17) is 4.42 Å². The maximum atomic E-state index is 12.6. The first kappa shape index (κ1) is 17.0. The predicted octanol–water partition coefficient (Wildman–Crippen LogP) is 2.40. The third kappa shape index (κ3) is 3.07. The summed E-state index contributed by atoms with van der Waals surface area (Å²) in [6, 6.07) is 2.35. The molecule has 138 valence electrons. The van der Waals surface area contributed by atoms with E-state index in [0.717, 1.165) is 38.5 Å². The summed E-state index contributed by atoms with van der Waals surface area (Å²) in [6.07, 6.45) is -1.75. The van der Waals surface area contributed by atoms with Crippen molar-refractivity contribution in [3.05, 3.63) is 29.8 Å².